The molecule has 1 amide bonds. The summed E-state index contributed by atoms with van der Waals surface area (Å²) in [4.78, 5) is 22.2. The molecule has 3 aromatic rings. The summed E-state index contributed by atoms with van der Waals surface area (Å²) in [7, 11) is 0. The van der Waals surface area contributed by atoms with E-state index in [1.54, 1.807) is 11.6 Å². The number of nitro groups is 1. The van der Waals surface area contributed by atoms with Crippen LogP contribution in [-0.2, 0) is 24.1 Å². The number of carbonyl (C=O) groups is 1. The van der Waals surface area contributed by atoms with E-state index in [0.29, 0.717) is 10.4 Å². The van der Waals surface area contributed by atoms with Gasteiger partial charge in [-0.15, -0.1) is 0 Å². The third-order valence-electron chi connectivity index (χ3n) is 4.82. The van der Waals surface area contributed by atoms with Crippen molar-refractivity contribution in [2.75, 3.05) is 0 Å². The van der Waals surface area contributed by atoms with Crippen LogP contribution in [0.3, 0.4) is 0 Å². The van der Waals surface area contributed by atoms with Gasteiger partial charge in [0, 0.05) is 17.8 Å². The Labute approximate surface area is 174 Å². The molecule has 0 aliphatic rings. The van der Waals surface area contributed by atoms with Crippen LogP contribution in [0.4, 0.5) is 18.9 Å². The lowest BCUT2D eigenvalue weighted by molar-refractivity contribution is -0.388. The van der Waals surface area contributed by atoms with E-state index >= 15 is 0 Å². The summed E-state index contributed by atoms with van der Waals surface area (Å²) in [6.07, 6.45) is -5.00. The summed E-state index contributed by atoms with van der Waals surface area (Å²) in [5, 5.41) is 21.4. The number of nitrogens with zero attached hydrogens (tertiary/aromatic N) is 5. The molecule has 12 heteroatoms. The minimum Gasteiger partial charge on any atom is -0.350 e. The fourth-order valence-electron chi connectivity index (χ4n) is 3.23. The molecule has 0 aliphatic heterocycles. The maximum atomic E-state index is 13.0. The van der Waals surface area contributed by atoms with E-state index in [-0.39, 0.29) is 12.2 Å². The van der Waals surface area contributed by atoms with Crippen molar-refractivity contribution in [3.05, 3.63) is 68.8 Å². The van der Waals surface area contributed by atoms with Crippen LogP contribution in [0.15, 0.2) is 30.3 Å². The van der Waals surface area contributed by atoms with Gasteiger partial charge in [-0.3, -0.25) is 19.6 Å². The summed E-state index contributed by atoms with van der Waals surface area (Å²) < 4.78 is 41.6. The Morgan fingerprint density at radius 1 is 1.13 bits per heavy atom. The number of rotatable bonds is 6. The van der Waals surface area contributed by atoms with Crippen LogP contribution < -0.4 is 5.32 Å². The van der Waals surface area contributed by atoms with Gasteiger partial charge in [0.25, 0.3) is 0 Å². The maximum absolute atomic E-state index is 13.0. The smallest absolute Gasteiger partial charge is 0.350 e. The van der Waals surface area contributed by atoms with Gasteiger partial charge in [-0.2, -0.15) is 23.4 Å². The van der Waals surface area contributed by atoms with Crippen molar-refractivity contribution in [1.82, 2.24) is 24.9 Å². The van der Waals surface area contributed by atoms with Crippen LogP contribution in [0, 0.1) is 30.9 Å². The Balaban J connectivity index is 1.76. The number of para-hydroxylation sites is 1. The fourth-order valence-corrected chi connectivity index (χ4v) is 3.23. The van der Waals surface area contributed by atoms with Gasteiger partial charge < -0.3 is 5.32 Å². The molecular formula is C19H19F3N6O3. The summed E-state index contributed by atoms with van der Waals surface area (Å²) in [5.41, 5.74) is -0.0381. The van der Waals surface area contributed by atoms with Crippen LogP contribution in [0.2, 0.25) is 0 Å². The van der Waals surface area contributed by atoms with Crippen molar-refractivity contribution < 1.29 is 22.9 Å². The van der Waals surface area contributed by atoms with Crippen molar-refractivity contribution in [1.29, 1.82) is 0 Å². The van der Waals surface area contributed by atoms with Crippen LogP contribution >= 0.6 is 0 Å². The molecule has 0 saturated carbocycles. The molecule has 0 unspecified atom stereocenters. The third kappa shape index (κ3) is 4.42. The fraction of sp³-hybridized carbons (Fsp3) is 0.316. The highest BCUT2D eigenvalue weighted by Gasteiger charge is 2.44. The number of halogens is 3. The van der Waals surface area contributed by atoms with Gasteiger partial charge in [-0.25, -0.2) is 4.68 Å². The Morgan fingerprint density at radius 3 is 2.32 bits per heavy atom. The van der Waals surface area contributed by atoms with Gasteiger partial charge in [0.05, 0.1) is 16.3 Å². The van der Waals surface area contributed by atoms with Gasteiger partial charge in [0.1, 0.15) is 12.2 Å². The first-order valence-corrected chi connectivity index (χ1v) is 9.17. The lowest BCUT2D eigenvalue weighted by Gasteiger charge is -2.08. The molecule has 2 heterocycles. The molecular weight excluding hydrogens is 417 g/mol. The van der Waals surface area contributed by atoms with Crippen molar-refractivity contribution >= 4 is 11.6 Å². The molecule has 0 radical (unpaired) electrons. The minimum atomic E-state index is -5.00. The summed E-state index contributed by atoms with van der Waals surface area (Å²) in [6, 6.07) is 9.38. The largest absolute Gasteiger partial charge is 0.442 e. The molecule has 0 spiro atoms. The number of aromatic nitrogens is 4. The Hall–Kier alpha value is -3.70. The number of aryl methyl sites for hydroxylation is 1. The predicted molar refractivity (Wildman–Crippen MR) is 104 cm³/mol. The van der Waals surface area contributed by atoms with Gasteiger partial charge in [0.15, 0.2) is 0 Å². The van der Waals surface area contributed by atoms with Crippen LogP contribution in [0.1, 0.15) is 28.3 Å². The lowest BCUT2D eigenvalue weighted by Crippen LogP contribution is -2.28. The molecule has 0 saturated heterocycles. The van der Waals surface area contributed by atoms with Crippen LogP contribution in [0.5, 0.6) is 0 Å². The van der Waals surface area contributed by atoms with Gasteiger partial charge in [-0.05, 0) is 32.9 Å². The number of hydrogen-bond acceptors (Lipinski definition) is 5. The van der Waals surface area contributed by atoms with Gasteiger partial charge >= 0.3 is 11.9 Å². The predicted octanol–water partition coefficient (Wildman–Crippen LogP) is 3.24. The van der Waals surface area contributed by atoms with E-state index in [9.17, 15) is 28.1 Å². The Kier molecular flexibility index (Phi) is 5.82. The summed E-state index contributed by atoms with van der Waals surface area (Å²) in [6.45, 7) is 4.24. The number of amides is 1. The molecule has 164 valence electrons. The minimum absolute atomic E-state index is 0.0951. The molecule has 2 aromatic heterocycles. The molecule has 31 heavy (non-hydrogen) atoms. The molecule has 0 atom stereocenters. The highest BCUT2D eigenvalue weighted by molar-refractivity contribution is 5.76. The van der Waals surface area contributed by atoms with Crippen LogP contribution in [0.25, 0.3) is 5.69 Å². The highest BCUT2D eigenvalue weighted by Crippen LogP contribution is 2.36. The first-order valence-electron chi connectivity index (χ1n) is 9.17. The van der Waals surface area contributed by atoms with E-state index in [4.69, 9.17) is 0 Å². The normalized spacial score (nSPS) is 11.5. The van der Waals surface area contributed by atoms with Gasteiger partial charge in [0.2, 0.25) is 11.6 Å². The zero-order valence-electron chi connectivity index (χ0n) is 16.9. The standard InChI is InChI=1S/C19H19F3N6O3/c1-11-15(12(2)27(24-11)14-7-5-4-6-8-14)9-23-16(29)10-26-13(3)17(28(30)31)18(25-26)19(20,21)22/h4-8H,9-10H2,1-3H3,(H,23,29). The highest BCUT2D eigenvalue weighted by atomic mass is 19.4. The quantitative estimate of drug-likeness (QED) is 0.472. The average Bonchev–Trinajstić information content (AvgIpc) is 3.17. The molecule has 1 N–H and O–H groups in total. The van der Waals surface area contributed by atoms with Crippen molar-refractivity contribution in [3.8, 4) is 5.69 Å². The molecule has 1 aromatic carbocycles. The van der Waals surface area contributed by atoms with Crippen molar-refractivity contribution in [3.63, 3.8) is 0 Å². The van der Waals surface area contributed by atoms with E-state index in [0.717, 1.165) is 23.9 Å². The van der Waals surface area contributed by atoms with Crippen molar-refractivity contribution in [2.45, 2.75) is 40.0 Å². The second kappa shape index (κ2) is 8.20. The Morgan fingerprint density at radius 2 is 1.77 bits per heavy atom. The lowest BCUT2D eigenvalue weighted by atomic mass is 10.2. The number of carbonyl (C=O) groups excluding carboxylic acids is 1. The van der Waals surface area contributed by atoms with E-state index < -0.39 is 34.9 Å². The van der Waals surface area contributed by atoms with Gasteiger partial charge in [-0.1, -0.05) is 18.2 Å². The number of alkyl halides is 3. The number of nitrogens with one attached hydrogen (secondary N) is 1. The first kappa shape index (κ1) is 22.0. The summed E-state index contributed by atoms with van der Waals surface area (Å²) >= 11 is 0. The third-order valence-corrected chi connectivity index (χ3v) is 4.82. The topological polar surface area (TPSA) is 108 Å². The Bertz CT molecular complexity index is 1140. The second-order valence-electron chi connectivity index (χ2n) is 6.87. The molecule has 0 fully saturated rings. The van der Waals surface area contributed by atoms with E-state index in [1.165, 1.54) is 0 Å². The monoisotopic (exact) mass is 436 g/mol. The summed E-state index contributed by atoms with van der Waals surface area (Å²) in [5.74, 6) is -0.638. The molecule has 9 nitrogen and oxygen atoms in total. The number of benzene rings is 1. The van der Waals surface area contributed by atoms with E-state index in [2.05, 4.69) is 15.5 Å². The van der Waals surface area contributed by atoms with Crippen molar-refractivity contribution in [2.24, 2.45) is 0 Å². The SMILES string of the molecule is Cc1nn(-c2ccccc2)c(C)c1CNC(=O)Cn1nc(C(F)(F)F)c([N+](=O)[O-])c1C. The van der Waals surface area contributed by atoms with Crippen LogP contribution in [-0.4, -0.2) is 30.4 Å². The molecule has 0 bridgehead atoms. The number of hydrogen-bond donors (Lipinski definition) is 1. The average molecular weight is 436 g/mol. The zero-order valence-corrected chi connectivity index (χ0v) is 16.9. The maximum Gasteiger partial charge on any atom is 0.442 e. The first-order chi connectivity index (χ1) is 14.5. The second-order valence-corrected chi connectivity index (χ2v) is 6.87. The zero-order chi connectivity index (χ0) is 22.9. The molecule has 3 rings (SSSR count). The molecule has 0 aliphatic carbocycles. The van der Waals surface area contributed by atoms with E-state index in [1.807, 2.05) is 37.3 Å².